The molecule has 10 heteroatoms. The molecule has 1 spiro atoms. The van der Waals surface area contributed by atoms with Crippen molar-refractivity contribution in [2.45, 2.75) is 50.5 Å². The Balaban J connectivity index is 1.39. The van der Waals surface area contributed by atoms with E-state index in [9.17, 15) is 14.3 Å². The molecule has 1 amide bonds. The van der Waals surface area contributed by atoms with Crippen LogP contribution in [0.2, 0.25) is 5.02 Å². The number of carbonyl (C=O) groups excluding carboxylic acids is 1. The van der Waals surface area contributed by atoms with Gasteiger partial charge in [-0.25, -0.2) is 4.39 Å². The SMILES string of the molecule is O=C1CCCC2(CCN(c3nc(N4CCCC4)nnc3O)CC2)N1c1ccc(Cl)c(F)c1. The summed E-state index contributed by atoms with van der Waals surface area (Å²) in [6.45, 7) is 2.99. The fraction of sp³-hybridized carbons (Fsp3) is 0.545. The maximum absolute atomic E-state index is 14.2. The van der Waals surface area contributed by atoms with Crippen LogP contribution < -0.4 is 14.7 Å². The Labute approximate surface area is 191 Å². The number of carbonyl (C=O) groups is 1. The first kappa shape index (κ1) is 21.2. The molecular formula is C22H26ClFN6O2. The molecule has 0 bridgehead atoms. The third-order valence-corrected chi connectivity index (χ3v) is 7.25. The van der Waals surface area contributed by atoms with Crippen LogP contribution in [0.3, 0.4) is 0 Å². The molecule has 170 valence electrons. The van der Waals surface area contributed by atoms with Crippen molar-refractivity contribution in [3.63, 3.8) is 0 Å². The summed E-state index contributed by atoms with van der Waals surface area (Å²) in [5, 5.41) is 18.4. The average Bonchev–Trinajstić information content (AvgIpc) is 3.32. The molecule has 1 aromatic carbocycles. The lowest BCUT2D eigenvalue weighted by Crippen LogP contribution is -2.60. The normalized spacial score (nSPS) is 20.9. The number of piperidine rings is 2. The van der Waals surface area contributed by atoms with Gasteiger partial charge in [0, 0.05) is 38.3 Å². The van der Waals surface area contributed by atoms with Gasteiger partial charge in [0.05, 0.1) is 10.6 Å². The molecule has 2 aromatic rings. The molecule has 0 atom stereocenters. The summed E-state index contributed by atoms with van der Waals surface area (Å²) in [4.78, 5) is 23.4. The van der Waals surface area contributed by atoms with E-state index < -0.39 is 5.82 Å². The van der Waals surface area contributed by atoms with Gasteiger partial charge in [0.1, 0.15) is 5.82 Å². The van der Waals surface area contributed by atoms with Crippen LogP contribution >= 0.6 is 11.6 Å². The van der Waals surface area contributed by atoms with Crippen molar-refractivity contribution in [1.29, 1.82) is 0 Å². The minimum absolute atomic E-state index is 0.00860. The van der Waals surface area contributed by atoms with Gasteiger partial charge in [0.25, 0.3) is 5.88 Å². The lowest BCUT2D eigenvalue weighted by Gasteiger charge is -2.51. The number of aromatic hydroxyl groups is 1. The summed E-state index contributed by atoms with van der Waals surface area (Å²) in [5.74, 6) is 0.278. The van der Waals surface area contributed by atoms with E-state index in [0.29, 0.717) is 49.8 Å². The monoisotopic (exact) mass is 460 g/mol. The van der Waals surface area contributed by atoms with Gasteiger partial charge in [-0.3, -0.25) is 4.79 Å². The molecule has 3 aliphatic rings. The fourth-order valence-electron chi connectivity index (χ4n) is 5.27. The number of anilines is 3. The maximum Gasteiger partial charge on any atom is 0.274 e. The first-order chi connectivity index (χ1) is 15.5. The van der Waals surface area contributed by atoms with Gasteiger partial charge in [0.15, 0.2) is 5.82 Å². The molecule has 3 saturated heterocycles. The van der Waals surface area contributed by atoms with Crippen molar-refractivity contribution >= 4 is 35.0 Å². The summed E-state index contributed by atoms with van der Waals surface area (Å²) in [6.07, 6.45) is 5.68. The predicted octanol–water partition coefficient (Wildman–Crippen LogP) is 3.53. The van der Waals surface area contributed by atoms with Gasteiger partial charge >= 0.3 is 0 Å². The second-order valence-corrected chi connectivity index (χ2v) is 9.25. The highest BCUT2D eigenvalue weighted by molar-refractivity contribution is 6.30. The number of benzene rings is 1. The van der Waals surface area contributed by atoms with Gasteiger partial charge in [-0.05, 0) is 56.7 Å². The van der Waals surface area contributed by atoms with Gasteiger partial charge in [0.2, 0.25) is 11.9 Å². The summed E-state index contributed by atoms with van der Waals surface area (Å²) in [6, 6.07) is 4.56. The predicted molar refractivity (Wildman–Crippen MR) is 120 cm³/mol. The molecule has 0 unspecified atom stereocenters. The lowest BCUT2D eigenvalue weighted by molar-refractivity contribution is -0.121. The van der Waals surface area contributed by atoms with E-state index in [-0.39, 0.29) is 22.3 Å². The Morgan fingerprint density at radius 2 is 1.75 bits per heavy atom. The molecule has 3 fully saturated rings. The Bertz CT molecular complexity index is 1020. The number of amides is 1. The Morgan fingerprint density at radius 3 is 2.47 bits per heavy atom. The maximum atomic E-state index is 14.2. The quantitative estimate of drug-likeness (QED) is 0.749. The summed E-state index contributed by atoms with van der Waals surface area (Å²) in [5.41, 5.74) is 0.160. The first-order valence-electron chi connectivity index (χ1n) is 11.2. The average molecular weight is 461 g/mol. The molecule has 0 radical (unpaired) electrons. The summed E-state index contributed by atoms with van der Waals surface area (Å²) >= 11 is 5.86. The van der Waals surface area contributed by atoms with Crippen molar-refractivity contribution in [3.8, 4) is 5.88 Å². The number of hydrogen-bond acceptors (Lipinski definition) is 7. The van der Waals surface area contributed by atoms with Crippen LogP contribution in [0, 0.1) is 5.82 Å². The molecule has 4 heterocycles. The van der Waals surface area contributed by atoms with Crippen LogP contribution in [0.15, 0.2) is 18.2 Å². The van der Waals surface area contributed by atoms with E-state index in [0.717, 1.165) is 38.8 Å². The summed E-state index contributed by atoms with van der Waals surface area (Å²) < 4.78 is 14.2. The van der Waals surface area contributed by atoms with Gasteiger partial charge < -0.3 is 19.8 Å². The molecule has 5 rings (SSSR count). The van der Waals surface area contributed by atoms with Crippen LogP contribution in [-0.2, 0) is 4.79 Å². The molecular weight excluding hydrogens is 435 g/mol. The molecule has 8 nitrogen and oxygen atoms in total. The van der Waals surface area contributed by atoms with Gasteiger partial charge in [-0.15, -0.1) is 10.2 Å². The number of nitrogens with zero attached hydrogens (tertiary/aromatic N) is 6. The van der Waals surface area contributed by atoms with E-state index in [1.807, 2.05) is 4.90 Å². The van der Waals surface area contributed by atoms with Crippen molar-refractivity contribution in [1.82, 2.24) is 15.2 Å². The highest BCUT2D eigenvalue weighted by Gasteiger charge is 2.46. The van der Waals surface area contributed by atoms with Crippen LogP contribution in [-0.4, -0.2) is 57.9 Å². The Morgan fingerprint density at radius 1 is 1.00 bits per heavy atom. The smallest absolute Gasteiger partial charge is 0.274 e. The Hall–Kier alpha value is -2.68. The zero-order valence-corrected chi connectivity index (χ0v) is 18.6. The standard InChI is InChI=1S/C22H26ClFN6O2/c23-16-6-5-15(14-17(16)24)30-18(31)4-3-7-22(30)8-12-28(13-9-22)19-20(32)26-27-21(25-19)29-10-1-2-11-29/h5-6,14H,1-4,7-13H2,(H,26,32). The molecule has 1 N–H and O–H groups in total. The zero-order chi connectivity index (χ0) is 22.3. The van der Waals surface area contributed by atoms with Crippen LogP contribution in [0.25, 0.3) is 0 Å². The van der Waals surface area contributed by atoms with E-state index in [1.54, 1.807) is 11.0 Å². The number of halogens is 2. The molecule has 3 aliphatic heterocycles. The van der Waals surface area contributed by atoms with E-state index >= 15 is 0 Å². The third-order valence-electron chi connectivity index (χ3n) is 6.94. The summed E-state index contributed by atoms with van der Waals surface area (Å²) in [7, 11) is 0. The molecule has 1 aromatic heterocycles. The third kappa shape index (κ3) is 3.72. The number of hydrogen-bond donors (Lipinski definition) is 1. The largest absolute Gasteiger partial charge is 0.490 e. The van der Waals surface area contributed by atoms with Crippen LogP contribution in [0.1, 0.15) is 44.9 Å². The molecule has 0 aliphatic carbocycles. The lowest BCUT2D eigenvalue weighted by atomic mass is 9.78. The molecule has 0 saturated carbocycles. The second kappa shape index (κ2) is 8.35. The highest BCUT2D eigenvalue weighted by Crippen LogP contribution is 2.42. The first-order valence-corrected chi connectivity index (χ1v) is 11.6. The van der Waals surface area contributed by atoms with Crippen LogP contribution in [0.4, 0.5) is 21.8 Å². The van der Waals surface area contributed by atoms with E-state index in [1.165, 1.54) is 12.1 Å². The highest BCUT2D eigenvalue weighted by atomic mass is 35.5. The number of aromatic nitrogens is 3. The van der Waals surface area contributed by atoms with Crippen molar-refractivity contribution in [2.24, 2.45) is 0 Å². The van der Waals surface area contributed by atoms with Crippen molar-refractivity contribution < 1.29 is 14.3 Å². The van der Waals surface area contributed by atoms with Crippen molar-refractivity contribution in [3.05, 3.63) is 29.0 Å². The topological polar surface area (TPSA) is 85.7 Å². The Kier molecular flexibility index (Phi) is 5.53. The zero-order valence-electron chi connectivity index (χ0n) is 17.8. The van der Waals surface area contributed by atoms with E-state index in [2.05, 4.69) is 20.1 Å². The molecule has 32 heavy (non-hydrogen) atoms. The second-order valence-electron chi connectivity index (χ2n) is 8.85. The fourth-order valence-corrected chi connectivity index (χ4v) is 5.39. The van der Waals surface area contributed by atoms with Gasteiger partial charge in [-0.1, -0.05) is 11.6 Å². The van der Waals surface area contributed by atoms with Gasteiger partial charge in [-0.2, -0.15) is 4.98 Å². The minimum atomic E-state index is -0.526. The van der Waals surface area contributed by atoms with E-state index in [4.69, 9.17) is 11.6 Å². The number of rotatable bonds is 3. The van der Waals surface area contributed by atoms with Crippen molar-refractivity contribution in [2.75, 3.05) is 40.9 Å². The minimum Gasteiger partial charge on any atom is -0.490 e. The van der Waals surface area contributed by atoms with Crippen LogP contribution in [0.5, 0.6) is 5.88 Å².